The maximum Gasteiger partial charge on any atom is 0.417 e. The monoisotopic (exact) mass is 565 g/mol. The van der Waals surface area contributed by atoms with Gasteiger partial charge in [0.1, 0.15) is 5.82 Å². The van der Waals surface area contributed by atoms with Crippen molar-refractivity contribution in [1.29, 1.82) is 0 Å². The number of anilines is 3. The molecule has 1 saturated heterocycles. The van der Waals surface area contributed by atoms with Gasteiger partial charge in [-0.25, -0.2) is 4.98 Å². The van der Waals surface area contributed by atoms with Crippen LogP contribution in [-0.4, -0.2) is 54.9 Å². The van der Waals surface area contributed by atoms with Gasteiger partial charge in [-0.15, -0.1) is 0 Å². The molecule has 2 N–H and O–H groups in total. The molecule has 1 fully saturated rings. The van der Waals surface area contributed by atoms with E-state index in [1.807, 2.05) is 11.9 Å². The van der Waals surface area contributed by atoms with Crippen molar-refractivity contribution < 1.29 is 22.8 Å². The highest BCUT2D eigenvalue weighted by molar-refractivity contribution is 6.31. The van der Waals surface area contributed by atoms with Crippen LogP contribution < -0.4 is 15.5 Å². The SMILES string of the molecule is CN1CCCN(c2ccc(C(=O)Nc3ccc(Cl)cc3C(=O)Nc3ccc(Cl)cn3)c(C(F)(F)F)c2)CC1. The fraction of sp³-hybridized carbons (Fsp3) is 0.269. The van der Waals surface area contributed by atoms with E-state index >= 15 is 0 Å². The lowest BCUT2D eigenvalue weighted by molar-refractivity contribution is -0.137. The Balaban J connectivity index is 1.61. The van der Waals surface area contributed by atoms with Crippen molar-refractivity contribution >= 4 is 52.2 Å². The molecular weight excluding hydrogens is 542 g/mol. The van der Waals surface area contributed by atoms with Crippen molar-refractivity contribution in [2.45, 2.75) is 12.6 Å². The van der Waals surface area contributed by atoms with E-state index in [2.05, 4.69) is 20.5 Å². The number of benzene rings is 2. The number of nitrogens with zero attached hydrogens (tertiary/aromatic N) is 3. The highest BCUT2D eigenvalue weighted by Gasteiger charge is 2.36. The molecule has 0 spiro atoms. The van der Waals surface area contributed by atoms with Crippen molar-refractivity contribution in [3.05, 3.63) is 81.5 Å². The summed E-state index contributed by atoms with van der Waals surface area (Å²) in [5, 5.41) is 5.55. The van der Waals surface area contributed by atoms with Gasteiger partial charge in [0.05, 0.1) is 27.4 Å². The van der Waals surface area contributed by atoms with E-state index in [9.17, 15) is 22.8 Å². The number of pyridine rings is 1. The molecule has 1 aliphatic rings. The first-order valence-corrected chi connectivity index (χ1v) is 12.5. The molecule has 0 saturated carbocycles. The molecule has 3 aromatic rings. The number of likely N-dealkylation sites (N-methyl/N-ethyl adjacent to an activating group) is 1. The maximum atomic E-state index is 14.1. The van der Waals surface area contributed by atoms with Crippen molar-refractivity contribution in [3.63, 3.8) is 0 Å². The lowest BCUT2D eigenvalue weighted by atomic mass is 10.0. The lowest BCUT2D eigenvalue weighted by Gasteiger charge is -2.24. The number of aromatic nitrogens is 1. The number of halogens is 5. The zero-order valence-electron chi connectivity index (χ0n) is 20.3. The van der Waals surface area contributed by atoms with E-state index in [0.29, 0.717) is 23.8 Å². The molecule has 0 radical (unpaired) electrons. The smallest absolute Gasteiger partial charge is 0.370 e. The molecule has 200 valence electrons. The average Bonchev–Trinajstić information content (AvgIpc) is 3.10. The van der Waals surface area contributed by atoms with Gasteiger partial charge in [-0.3, -0.25) is 9.59 Å². The third kappa shape index (κ3) is 6.75. The number of carbonyl (C=O) groups is 2. The van der Waals surface area contributed by atoms with Gasteiger partial charge in [-0.2, -0.15) is 13.2 Å². The third-order valence-electron chi connectivity index (χ3n) is 6.08. The number of hydrogen-bond acceptors (Lipinski definition) is 5. The van der Waals surface area contributed by atoms with Gasteiger partial charge in [0, 0.05) is 36.5 Å². The fourth-order valence-corrected chi connectivity index (χ4v) is 4.39. The van der Waals surface area contributed by atoms with Crippen LogP contribution in [0.4, 0.5) is 30.4 Å². The second-order valence-corrected chi connectivity index (χ2v) is 9.70. The van der Waals surface area contributed by atoms with E-state index < -0.39 is 29.1 Å². The van der Waals surface area contributed by atoms with Crippen LogP contribution in [0.15, 0.2) is 54.7 Å². The summed E-state index contributed by atoms with van der Waals surface area (Å²) in [5.74, 6) is -1.50. The van der Waals surface area contributed by atoms with Crippen LogP contribution in [0.1, 0.15) is 32.7 Å². The minimum atomic E-state index is -4.77. The molecule has 4 rings (SSSR count). The zero-order chi connectivity index (χ0) is 27.4. The summed E-state index contributed by atoms with van der Waals surface area (Å²) in [6.45, 7) is 2.76. The summed E-state index contributed by atoms with van der Waals surface area (Å²) < 4.78 is 42.2. The Morgan fingerprint density at radius 3 is 2.32 bits per heavy atom. The summed E-state index contributed by atoms with van der Waals surface area (Å²) >= 11 is 11.9. The van der Waals surface area contributed by atoms with Crippen molar-refractivity contribution in [2.75, 3.05) is 48.8 Å². The molecule has 12 heteroatoms. The standard InChI is InChI=1S/C26H24Cl2F3N5O2/c1-35-9-2-10-36(12-11-35)18-5-6-19(21(14-18)26(29,30)31)24(37)33-22-7-3-16(27)13-20(22)25(38)34-23-8-4-17(28)15-32-23/h3-8,13-15H,2,9-12H2,1H3,(H,33,37)(H,32,34,38). The van der Waals surface area contributed by atoms with Gasteiger partial charge in [-0.05, 0) is 68.5 Å². The molecule has 1 aliphatic heterocycles. The second-order valence-electron chi connectivity index (χ2n) is 8.83. The van der Waals surface area contributed by atoms with E-state index in [4.69, 9.17) is 23.2 Å². The number of alkyl halides is 3. The van der Waals surface area contributed by atoms with E-state index in [0.717, 1.165) is 31.6 Å². The number of rotatable bonds is 5. The van der Waals surface area contributed by atoms with E-state index in [-0.39, 0.29) is 22.1 Å². The Labute approximate surface area is 227 Å². The number of nitrogens with one attached hydrogen (secondary N) is 2. The Morgan fingerprint density at radius 2 is 1.61 bits per heavy atom. The number of carbonyl (C=O) groups excluding carboxylic acids is 2. The van der Waals surface area contributed by atoms with Gasteiger partial charge >= 0.3 is 6.18 Å². The third-order valence-corrected chi connectivity index (χ3v) is 6.54. The Bertz CT molecular complexity index is 1340. The van der Waals surface area contributed by atoms with E-state index in [1.54, 1.807) is 0 Å². The fourth-order valence-electron chi connectivity index (χ4n) is 4.10. The number of hydrogen-bond donors (Lipinski definition) is 2. The highest BCUT2D eigenvalue weighted by Crippen LogP contribution is 2.35. The van der Waals surface area contributed by atoms with Crippen LogP contribution in [0, 0.1) is 0 Å². The first-order valence-electron chi connectivity index (χ1n) is 11.7. The van der Waals surface area contributed by atoms with Crippen LogP contribution >= 0.6 is 23.2 Å². The number of amides is 2. The Kier molecular flexibility index (Phi) is 8.44. The minimum Gasteiger partial charge on any atom is -0.370 e. The van der Waals surface area contributed by atoms with Crippen molar-refractivity contribution in [2.24, 2.45) is 0 Å². The van der Waals surface area contributed by atoms with Crippen LogP contribution in [0.25, 0.3) is 0 Å². The van der Waals surface area contributed by atoms with Crippen LogP contribution in [-0.2, 0) is 6.18 Å². The van der Waals surface area contributed by atoms with Crippen LogP contribution in [0.5, 0.6) is 0 Å². The van der Waals surface area contributed by atoms with Gasteiger partial charge in [0.25, 0.3) is 11.8 Å². The first-order chi connectivity index (χ1) is 18.0. The van der Waals surface area contributed by atoms with Gasteiger partial charge in [0.15, 0.2) is 0 Å². The minimum absolute atomic E-state index is 0.0152. The Hall–Kier alpha value is -3.34. The summed E-state index contributed by atoms with van der Waals surface area (Å²) in [6.07, 6.45) is -2.62. The van der Waals surface area contributed by atoms with Crippen LogP contribution in [0.3, 0.4) is 0 Å². The molecule has 0 bridgehead atoms. The van der Waals surface area contributed by atoms with Gasteiger partial charge in [0.2, 0.25) is 0 Å². The predicted molar refractivity (Wildman–Crippen MR) is 142 cm³/mol. The van der Waals surface area contributed by atoms with Crippen LogP contribution in [0.2, 0.25) is 10.0 Å². The topological polar surface area (TPSA) is 77.6 Å². The van der Waals surface area contributed by atoms with E-state index in [1.165, 1.54) is 42.6 Å². The predicted octanol–water partition coefficient (Wildman–Crippen LogP) is 6.05. The summed E-state index contributed by atoms with van der Waals surface area (Å²) in [7, 11) is 1.97. The van der Waals surface area contributed by atoms with Gasteiger partial charge in [-0.1, -0.05) is 23.2 Å². The molecule has 7 nitrogen and oxygen atoms in total. The molecular formula is C26H24Cl2F3N5O2. The van der Waals surface area contributed by atoms with Crippen molar-refractivity contribution in [3.8, 4) is 0 Å². The second kappa shape index (κ2) is 11.6. The lowest BCUT2D eigenvalue weighted by Crippen LogP contribution is -2.29. The molecule has 2 heterocycles. The zero-order valence-corrected chi connectivity index (χ0v) is 21.8. The largest absolute Gasteiger partial charge is 0.417 e. The first kappa shape index (κ1) is 27.7. The summed E-state index contributed by atoms with van der Waals surface area (Å²) in [5.41, 5.74) is -1.30. The van der Waals surface area contributed by atoms with Gasteiger partial charge < -0.3 is 20.4 Å². The molecule has 2 amide bonds. The highest BCUT2D eigenvalue weighted by atomic mass is 35.5. The Morgan fingerprint density at radius 1 is 0.868 bits per heavy atom. The molecule has 1 aromatic heterocycles. The molecule has 38 heavy (non-hydrogen) atoms. The maximum absolute atomic E-state index is 14.1. The molecule has 0 atom stereocenters. The quantitative estimate of drug-likeness (QED) is 0.393. The van der Waals surface area contributed by atoms with Crippen molar-refractivity contribution in [1.82, 2.24) is 9.88 Å². The molecule has 0 unspecified atom stereocenters. The normalized spacial score (nSPS) is 14.6. The summed E-state index contributed by atoms with van der Waals surface area (Å²) in [4.78, 5) is 34.0. The summed E-state index contributed by atoms with van der Waals surface area (Å²) in [6, 6.07) is 10.7. The molecule has 0 aliphatic carbocycles. The molecule has 2 aromatic carbocycles. The average molecular weight is 566 g/mol.